The van der Waals surface area contributed by atoms with Gasteiger partial charge in [0.25, 0.3) is 0 Å². The number of aryl methyl sites for hydroxylation is 1. The van der Waals surface area contributed by atoms with Crippen molar-refractivity contribution in [3.8, 4) is 6.07 Å². The van der Waals surface area contributed by atoms with E-state index in [0.29, 0.717) is 11.5 Å². The van der Waals surface area contributed by atoms with E-state index in [4.69, 9.17) is 29.1 Å². The van der Waals surface area contributed by atoms with Crippen LogP contribution < -0.4 is 10.6 Å². The van der Waals surface area contributed by atoms with Crippen molar-refractivity contribution in [2.24, 2.45) is 0 Å². The molecule has 0 aromatic heterocycles. The van der Waals surface area contributed by atoms with E-state index in [9.17, 15) is 0 Å². The van der Waals surface area contributed by atoms with E-state index in [1.54, 1.807) is 0 Å². The highest BCUT2D eigenvalue weighted by Crippen LogP contribution is 2.16. The molecule has 118 valence electrons. The zero-order valence-electron chi connectivity index (χ0n) is 12.7. The Bertz CT molecular complexity index is 692. The van der Waals surface area contributed by atoms with Gasteiger partial charge < -0.3 is 10.6 Å². The maximum Gasteiger partial charge on any atom is 0.170 e. The summed E-state index contributed by atoms with van der Waals surface area (Å²) in [5, 5.41) is 16.4. The molecule has 0 aliphatic rings. The molecule has 0 saturated carbocycles. The summed E-state index contributed by atoms with van der Waals surface area (Å²) in [6.07, 6.45) is 2.29. The van der Waals surface area contributed by atoms with Gasteiger partial charge >= 0.3 is 0 Å². The van der Waals surface area contributed by atoms with E-state index in [0.717, 1.165) is 41.2 Å². The minimum absolute atomic E-state index is 0.422. The zero-order chi connectivity index (χ0) is 16.5. The highest BCUT2D eigenvalue weighted by molar-refractivity contribution is 7.80. The third kappa shape index (κ3) is 5.90. The number of anilines is 1. The fourth-order valence-electron chi connectivity index (χ4n) is 2.15. The maximum atomic E-state index is 8.65. The maximum absolute atomic E-state index is 8.65. The first-order valence-corrected chi connectivity index (χ1v) is 8.22. The van der Waals surface area contributed by atoms with Crippen molar-refractivity contribution in [3.05, 3.63) is 64.7 Å². The highest BCUT2D eigenvalue weighted by atomic mass is 35.5. The molecule has 0 atom stereocenters. The van der Waals surface area contributed by atoms with Gasteiger partial charge in [0, 0.05) is 17.3 Å². The number of nitrogens with one attached hydrogen (secondary N) is 2. The van der Waals surface area contributed by atoms with Crippen LogP contribution in [0.5, 0.6) is 0 Å². The second kappa shape index (κ2) is 9.14. The Balaban J connectivity index is 1.71. The van der Waals surface area contributed by atoms with Gasteiger partial charge in [0.2, 0.25) is 0 Å². The lowest BCUT2D eigenvalue weighted by Crippen LogP contribution is -2.29. The Morgan fingerprint density at radius 3 is 2.57 bits per heavy atom. The second-order valence-corrected chi connectivity index (χ2v) is 5.92. The number of hydrogen-bond donors (Lipinski definition) is 2. The van der Waals surface area contributed by atoms with Gasteiger partial charge in [-0.15, -0.1) is 0 Å². The molecule has 0 radical (unpaired) electrons. The number of thiocarbonyl (C=S) groups is 1. The van der Waals surface area contributed by atoms with Crippen LogP contribution in [0.1, 0.15) is 17.5 Å². The summed E-state index contributed by atoms with van der Waals surface area (Å²) in [5.74, 6) is 0. The molecular formula is C18H18ClN3S. The van der Waals surface area contributed by atoms with Crippen LogP contribution in [0.4, 0.5) is 5.69 Å². The zero-order valence-corrected chi connectivity index (χ0v) is 14.3. The average Bonchev–Trinajstić information content (AvgIpc) is 2.55. The van der Waals surface area contributed by atoms with Gasteiger partial charge in [-0.05, 0) is 54.4 Å². The van der Waals surface area contributed by atoms with Crippen molar-refractivity contribution in [1.82, 2.24) is 5.32 Å². The predicted molar refractivity (Wildman–Crippen MR) is 99.8 cm³/mol. The van der Waals surface area contributed by atoms with Crippen molar-refractivity contribution < 1.29 is 0 Å². The number of rotatable bonds is 6. The van der Waals surface area contributed by atoms with E-state index < -0.39 is 0 Å². The van der Waals surface area contributed by atoms with Crippen molar-refractivity contribution in [2.45, 2.75) is 19.3 Å². The Hall–Kier alpha value is -2.09. The van der Waals surface area contributed by atoms with Gasteiger partial charge in [0.15, 0.2) is 5.11 Å². The molecule has 0 aliphatic heterocycles. The summed E-state index contributed by atoms with van der Waals surface area (Å²) in [4.78, 5) is 0. The van der Waals surface area contributed by atoms with E-state index in [2.05, 4.69) is 16.7 Å². The Labute approximate surface area is 147 Å². The Morgan fingerprint density at radius 2 is 1.87 bits per heavy atom. The third-order valence-electron chi connectivity index (χ3n) is 3.36. The topological polar surface area (TPSA) is 47.9 Å². The molecule has 0 unspecified atom stereocenters. The molecule has 23 heavy (non-hydrogen) atoms. The third-order valence-corrected chi connectivity index (χ3v) is 3.98. The fraction of sp³-hybridized carbons (Fsp3) is 0.222. The molecule has 2 aromatic carbocycles. The molecule has 5 heteroatoms. The molecule has 0 saturated heterocycles. The van der Waals surface area contributed by atoms with E-state index >= 15 is 0 Å². The largest absolute Gasteiger partial charge is 0.362 e. The average molecular weight is 344 g/mol. The van der Waals surface area contributed by atoms with E-state index in [1.165, 1.54) is 0 Å². The molecule has 0 aliphatic carbocycles. The van der Waals surface area contributed by atoms with Crippen molar-refractivity contribution in [2.75, 3.05) is 11.9 Å². The smallest absolute Gasteiger partial charge is 0.170 e. The summed E-state index contributed by atoms with van der Waals surface area (Å²) in [5.41, 5.74) is 3.06. The SMILES string of the molecule is N#CCc1ccc(NC(=S)NCCCc2ccccc2Cl)cc1. The molecule has 2 N–H and O–H groups in total. The van der Waals surface area contributed by atoms with Crippen LogP contribution >= 0.6 is 23.8 Å². The molecule has 0 heterocycles. The lowest BCUT2D eigenvalue weighted by atomic mass is 10.1. The van der Waals surface area contributed by atoms with Crippen LogP contribution in [-0.4, -0.2) is 11.7 Å². The first-order chi connectivity index (χ1) is 11.2. The number of benzene rings is 2. The summed E-state index contributed by atoms with van der Waals surface area (Å²) >= 11 is 11.4. The van der Waals surface area contributed by atoms with Crippen LogP contribution in [0.2, 0.25) is 5.02 Å². The molecule has 2 aromatic rings. The number of hydrogen-bond acceptors (Lipinski definition) is 2. The van der Waals surface area contributed by atoms with E-state index in [-0.39, 0.29) is 0 Å². The highest BCUT2D eigenvalue weighted by Gasteiger charge is 2.00. The number of nitrogens with zero attached hydrogens (tertiary/aromatic N) is 1. The summed E-state index contributed by atoms with van der Waals surface area (Å²) < 4.78 is 0. The number of halogens is 1. The van der Waals surface area contributed by atoms with Crippen LogP contribution in [-0.2, 0) is 12.8 Å². The quantitative estimate of drug-likeness (QED) is 0.605. The molecule has 0 spiro atoms. The van der Waals surface area contributed by atoms with Gasteiger partial charge in [-0.2, -0.15) is 5.26 Å². The summed E-state index contributed by atoms with van der Waals surface area (Å²) in [6.45, 7) is 0.781. The molecule has 3 nitrogen and oxygen atoms in total. The number of nitriles is 1. The van der Waals surface area contributed by atoms with Gasteiger partial charge in [-0.3, -0.25) is 0 Å². The van der Waals surface area contributed by atoms with Crippen LogP contribution in [0.25, 0.3) is 0 Å². The van der Waals surface area contributed by atoms with Gasteiger partial charge in [-0.1, -0.05) is 41.9 Å². The summed E-state index contributed by atoms with van der Waals surface area (Å²) in [6, 6.07) is 17.7. The minimum atomic E-state index is 0.422. The molecule has 0 bridgehead atoms. The first-order valence-electron chi connectivity index (χ1n) is 7.43. The predicted octanol–water partition coefficient (Wildman–Crippen LogP) is 4.33. The Kier molecular flexibility index (Phi) is 6.86. The fourth-order valence-corrected chi connectivity index (χ4v) is 2.60. The standard InChI is InChI=1S/C18H18ClN3S/c19-17-6-2-1-4-15(17)5-3-13-21-18(23)22-16-9-7-14(8-10-16)11-12-20/h1-2,4,6-10H,3,5,11,13H2,(H2,21,22,23). The van der Waals surface area contributed by atoms with Gasteiger partial charge in [0.05, 0.1) is 12.5 Å². The summed E-state index contributed by atoms with van der Waals surface area (Å²) in [7, 11) is 0. The van der Waals surface area contributed by atoms with Gasteiger partial charge in [-0.25, -0.2) is 0 Å². The first kappa shape index (κ1) is 17.3. The molecule has 0 amide bonds. The monoisotopic (exact) mass is 343 g/mol. The van der Waals surface area contributed by atoms with E-state index in [1.807, 2.05) is 48.5 Å². The van der Waals surface area contributed by atoms with Crippen LogP contribution in [0.3, 0.4) is 0 Å². The molecule has 2 rings (SSSR count). The second-order valence-electron chi connectivity index (χ2n) is 5.11. The Morgan fingerprint density at radius 1 is 1.13 bits per heavy atom. The molecule has 0 fully saturated rings. The lowest BCUT2D eigenvalue weighted by molar-refractivity contribution is 0.777. The normalized spacial score (nSPS) is 9.91. The van der Waals surface area contributed by atoms with Crippen molar-refractivity contribution in [1.29, 1.82) is 5.26 Å². The van der Waals surface area contributed by atoms with Gasteiger partial charge in [0.1, 0.15) is 0 Å². The lowest BCUT2D eigenvalue weighted by Gasteiger charge is -2.11. The van der Waals surface area contributed by atoms with Crippen LogP contribution in [0.15, 0.2) is 48.5 Å². The minimum Gasteiger partial charge on any atom is -0.362 e. The van der Waals surface area contributed by atoms with Crippen molar-refractivity contribution in [3.63, 3.8) is 0 Å². The van der Waals surface area contributed by atoms with Crippen LogP contribution in [0, 0.1) is 11.3 Å². The van der Waals surface area contributed by atoms with Crippen molar-refractivity contribution >= 4 is 34.6 Å². The molecular weight excluding hydrogens is 326 g/mol.